The largest absolute Gasteiger partial charge is 0.305 e. The van der Waals surface area contributed by atoms with Crippen LogP contribution in [0.5, 0.6) is 0 Å². The van der Waals surface area contributed by atoms with Gasteiger partial charge in [-0.25, -0.2) is 12.8 Å². The van der Waals surface area contributed by atoms with Crippen LogP contribution >= 0.6 is 0 Å². The Hall–Kier alpha value is -1.72. The number of halogens is 1. The first-order chi connectivity index (χ1) is 10.3. The lowest BCUT2D eigenvalue weighted by molar-refractivity contribution is 0.548. The van der Waals surface area contributed by atoms with Crippen molar-refractivity contribution in [3.8, 4) is 0 Å². The first-order valence-corrected chi connectivity index (χ1v) is 9.12. The van der Waals surface area contributed by atoms with Crippen molar-refractivity contribution >= 4 is 9.84 Å². The van der Waals surface area contributed by atoms with Gasteiger partial charge in [-0.1, -0.05) is 42.5 Å². The van der Waals surface area contributed by atoms with Gasteiger partial charge in [-0.3, -0.25) is 0 Å². The van der Waals surface area contributed by atoms with Crippen molar-refractivity contribution in [1.82, 2.24) is 5.32 Å². The van der Waals surface area contributed by atoms with Crippen LogP contribution in [0.1, 0.15) is 22.7 Å². The molecule has 0 fully saturated rings. The summed E-state index contributed by atoms with van der Waals surface area (Å²) in [5.74, 6) is -0.246. The van der Waals surface area contributed by atoms with Crippen LogP contribution in [0.4, 0.5) is 4.39 Å². The van der Waals surface area contributed by atoms with Crippen molar-refractivity contribution in [2.24, 2.45) is 0 Å². The number of rotatable bonds is 6. The summed E-state index contributed by atoms with van der Waals surface area (Å²) in [6.07, 6.45) is 1.22. The van der Waals surface area contributed by atoms with Crippen molar-refractivity contribution in [3.63, 3.8) is 0 Å². The molecule has 0 saturated heterocycles. The summed E-state index contributed by atoms with van der Waals surface area (Å²) >= 11 is 0. The molecule has 0 aromatic heterocycles. The van der Waals surface area contributed by atoms with Crippen LogP contribution in [0.15, 0.2) is 48.5 Å². The Labute approximate surface area is 131 Å². The molecule has 0 aliphatic heterocycles. The van der Waals surface area contributed by atoms with Crippen LogP contribution in [0, 0.1) is 12.7 Å². The van der Waals surface area contributed by atoms with E-state index in [-0.39, 0.29) is 17.6 Å². The molecule has 5 heteroatoms. The van der Waals surface area contributed by atoms with Crippen LogP contribution in [0.2, 0.25) is 0 Å². The Morgan fingerprint density at radius 1 is 1.14 bits per heavy atom. The lowest BCUT2D eigenvalue weighted by atomic mass is 10.1. The first-order valence-electron chi connectivity index (χ1n) is 7.06. The molecule has 2 aromatic carbocycles. The highest BCUT2D eigenvalue weighted by molar-refractivity contribution is 7.90. The fourth-order valence-electron chi connectivity index (χ4n) is 2.25. The number of aryl methyl sites for hydroxylation is 1. The monoisotopic (exact) mass is 321 g/mol. The minimum atomic E-state index is -3.13. The highest BCUT2D eigenvalue weighted by Gasteiger charge is 2.17. The molecular weight excluding hydrogens is 301 g/mol. The van der Waals surface area contributed by atoms with E-state index in [9.17, 15) is 12.8 Å². The smallest absolute Gasteiger partial charge is 0.149 e. The van der Waals surface area contributed by atoms with Crippen molar-refractivity contribution in [2.75, 3.05) is 12.0 Å². The molecule has 0 heterocycles. The van der Waals surface area contributed by atoms with E-state index in [0.717, 1.165) is 11.1 Å². The van der Waals surface area contributed by atoms with Crippen LogP contribution < -0.4 is 5.32 Å². The predicted molar refractivity (Wildman–Crippen MR) is 86.9 cm³/mol. The van der Waals surface area contributed by atoms with E-state index >= 15 is 0 Å². The summed E-state index contributed by atoms with van der Waals surface area (Å²) < 4.78 is 36.8. The first kappa shape index (κ1) is 16.6. The van der Waals surface area contributed by atoms with Crippen LogP contribution in [-0.4, -0.2) is 20.4 Å². The SMILES string of the molecule is Cc1ccc(CNC(CS(C)(=O)=O)c2ccccc2)cc1F. The molecule has 0 aliphatic carbocycles. The normalized spacial score (nSPS) is 13.0. The van der Waals surface area contributed by atoms with E-state index in [0.29, 0.717) is 12.1 Å². The number of hydrogen-bond donors (Lipinski definition) is 1. The van der Waals surface area contributed by atoms with E-state index < -0.39 is 9.84 Å². The van der Waals surface area contributed by atoms with E-state index in [1.807, 2.05) is 36.4 Å². The summed E-state index contributed by atoms with van der Waals surface area (Å²) in [5, 5.41) is 3.21. The fraction of sp³-hybridized carbons (Fsp3) is 0.294. The van der Waals surface area contributed by atoms with Gasteiger partial charge in [-0.2, -0.15) is 0 Å². The fourth-order valence-corrected chi connectivity index (χ4v) is 3.16. The summed E-state index contributed by atoms with van der Waals surface area (Å²) in [6.45, 7) is 2.12. The second-order valence-corrected chi connectivity index (χ2v) is 7.70. The number of sulfone groups is 1. The quantitative estimate of drug-likeness (QED) is 0.889. The molecule has 0 saturated carbocycles. The lowest BCUT2D eigenvalue weighted by Gasteiger charge is -2.18. The molecule has 1 N–H and O–H groups in total. The molecule has 0 bridgehead atoms. The third-order valence-electron chi connectivity index (χ3n) is 3.46. The van der Waals surface area contributed by atoms with Crippen LogP contribution in [0.3, 0.4) is 0 Å². The molecule has 0 radical (unpaired) electrons. The summed E-state index contributed by atoms with van der Waals surface area (Å²) in [6, 6.07) is 14.1. The van der Waals surface area contributed by atoms with Gasteiger partial charge in [0.25, 0.3) is 0 Å². The molecule has 2 aromatic rings. The van der Waals surface area contributed by atoms with Gasteiger partial charge in [-0.15, -0.1) is 0 Å². The third kappa shape index (κ3) is 4.93. The van der Waals surface area contributed by atoms with E-state index in [4.69, 9.17) is 0 Å². The van der Waals surface area contributed by atoms with Gasteiger partial charge in [0, 0.05) is 18.8 Å². The standard InChI is InChI=1S/C17H20FNO2S/c1-13-8-9-14(10-16(13)18)11-19-17(12-22(2,20)21)15-6-4-3-5-7-15/h3-10,17,19H,11-12H2,1-2H3. The molecule has 1 atom stereocenters. The molecule has 0 spiro atoms. The zero-order valence-electron chi connectivity index (χ0n) is 12.7. The Bertz CT molecular complexity index is 730. The van der Waals surface area contributed by atoms with Gasteiger partial charge < -0.3 is 5.32 Å². The second-order valence-electron chi connectivity index (χ2n) is 5.52. The minimum absolute atomic E-state index is 0.00531. The highest BCUT2D eigenvalue weighted by Crippen LogP contribution is 2.16. The summed E-state index contributed by atoms with van der Waals surface area (Å²) in [7, 11) is -3.13. The maximum Gasteiger partial charge on any atom is 0.149 e. The Balaban J connectivity index is 2.14. The molecule has 22 heavy (non-hydrogen) atoms. The third-order valence-corrected chi connectivity index (χ3v) is 4.40. The highest BCUT2D eigenvalue weighted by atomic mass is 32.2. The van der Waals surface area contributed by atoms with Gasteiger partial charge in [-0.05, 0) is 29.7 Å². The molecule has 0 aliphatic rings. The zero-order valence-corrected chi connectivity index (χ0v) is 13.5. The van der Waals surface area contributed by atoms with Crippen molar-refractivity contribution in [2.45, 2.75) is 19.5 Å². The van der Waals surface area contributed by atoms with Crippen molar-refractivity contribution < 1.29 is 12.8 Å². The maximum absolute atomic E-state index is 13.6. The average Bonchev–Trinajstić information content (AvgIpc) is 2.47. The van der Waals surface area contributed by atoms with Gasteiger partial charge in [0.15, 0.2) is 0 Å². The second kappa shape index (κ2) is 7.03. The van der Waals surface area contributed by atoms with Crippen LogP contribution in [0.25, 0.3) is 0 Å². The number of benzene rings is 2. The van der Waals surface area contributed by atoms with E-state index in [1.54, 1.807) is 13.0 Å². The number of nitrogens with one attached hydrogen (secondary N) is 1. The van der Waals surface area contributed by atoms with Crippen LogP contribution in [-0.2, 0) is 16.4 Å². The molecule has 0 amide bonds. The molecular formula is C17H20FNO2S. The minimum Gasteiger partial charge on any atom is -0.305 e. The summed E-state index contributed by atoms with van der Waals surface area (Å²) in [4.78, 5) is 0. The average molecular weight is 321 g/mol. The molecule has 118 valence electrons. The van der Waals surface area contributed by atoms with Gasteiger partial charge in [0.05, 0.1) is 5.75 Å². The van der Waals surface area contributed by atoms with Gasteiger partial charge in [0.1, 0.15) is 15.7 Å². The molecule has 2 rings (SSSR count). The molecule has 1 unspecified atom stereocenters. The van der Waals surface area contributed by atoms with E-state index in [1.165, 1.54) is 12.3 Å². The predicted octanol–water partition coefficient (Wildman–Crippen LogP) is 3.01. The van der Waals surface area contributed by atoms with Crippen molar-refractivity contribution in [1.29, 1.82) is 0 Å². The Kier molecular flexibility index (Phi) is 5.32. The Morgan fingerprint density at radius 3 is 2.41 bits per heavy atom. The molecule has 3 nitrogen and oxygen atoms in total. The number of hydrogen-bond acceptors (Lipinski definition) is 3. The van der Waals surface area contributed by atoms with Gasteiger partial charge in [0.2, 0.25) is 0 Å². The van der Waals surface area contributed by atoms with Gasteiger partial charge >= 0.3 is 0 Å². The van der Waals surface area contributed by atoms with Crippen molar-refractivity contribution in [3.05, 3.63) is 71.0 Å². The maximum atomic E-state index is 13.6. The topological polar surface area (TPSA) is 46.2 Å². The zero-order chi connectivity index (χ0) is 16.2. The van der Waals surface area contributed by atoms with E-state index in [2.05, 4.69) is 5.32 Å². The summed E-state index contributed by atoms with van der Waals surface area (Å²) in [5.41, 5.74) is 2.29. The Morgan fingerprint density at radius 2 is 1.82 bits per heavy atom. The lowest BCUT2D eigenvalue weighted by Crippen LogP contribution is -2.27.